The predicted molar refractivity (Wildman–Crippen MR) is 72.7 cm³/mol. The van der Waals surface area contributed by atoms with Crippen molar-refractivity contribution < 1.29 is 18.7 Å². The minimum absolute atomic E-state index is 0.160. The lowest BCUT2D eigenvalue weighted by Crippen LogP contribution is -2.03. The van der Waals surface area contributed by atoms with Crippen molar-refractivity contribution in [3.63, 3.8) is 0 Å². The van der Waals surface area contributed by atoms with Crippen LogP contribution in [-0.2, 0) is 6.54 Å². The summed E-state index contributed by atoms with van der Waals surface area (Å²) in [5.41, 5.74) is -0.0629. The smallest absolute Gasteiger partial charge is 0.336 e. The number of hydrogen-bond donors (Lipinski definition) is 2. The van der Waals surface area contributed by atoms with Gasteiger partial charge >= 0.3 is 5.97 Å². The fourth-order valence-corrected chi connectivity index (χ4v) is 2.67. The Morgan fingerprint density at radius 1 is 1.32 bits per heavy atom. The van der Waals surface area contributed by atoms with Gasteiger partial charge in [-0.25, -0.2) is 13.6 Å². The molecule has 0 atom stereocenters. The molecule has 19 heavy (non-hydrogen) atoms. The summed E-state index contributed by atoms with van der Waals surface area (Å²) in [4.78, 5) is 11.4. The maximum atomic E-state index is 13.5. The second-order valence-electron chi connectivity index (χ2n) is 3.70. The van der Waals surface area contributed by atoms with Crippen LogP contribution in [0.4, 0.5) is 14.5 Å². The van der Waals surface area contributed by atoms with Crippen molar-refractivity contribution in [1.82, 2.24) is 0 Å². The summed E-state index contributed by atoms with van der Waals surface area (Å²) < 4.78 is 27.4. The van der Waals surface area contributed by atoms with E-state index >= 15 is 0 Å². The van der Waals surface area contributed by atoms with Gasteiger partial charge in [0, 0.05) is 21.3 Å². The average Bonchev–Trinajstić information content (AvgIpc) is 2.76. The molecule has 2 N–H and O–H groups in total. The molecule has 2 aromatic rings. The van der Waals surface area contributed by atoms with E-state index in [1.807, 2.05) is 0 Å². The number of aromatic carboxylic acids is 1. The van der Waals surface area contributed by atoms with E-state index in [2.05, 4.69) is 21.2 Å². The van der Waals surface area contributed by atoms with Gasteiger partial charge in [0.25, 0.3) is 0 Å². The Morgan fingerprint density at radius 2 is 1.95 bits per heavy atom. The fourth-order valence-electron chi connectivity index (χ4n) is 1.47. The molecule has 0 saturated heterocycles. The quantitative estimate of drug-likeness (QED) is 0.875. The number of halogens is 3. The van der Waals surface area contributed by atoms with Crippen molar-refractivity contribution in [2.75, 3.05) is 5.32 Å². The molecule has 0 saturated carbocycles. The van der Waals surface area contributed by atoms with Crippen LogP contribution in [0.2, 0.25) is 0 Å². The predicted octanol–water partition coefficient (Wildman–Crippen LogP) is 4.10. The van der Waals surface area contributed by atoms with Crippen LogP contribution < -0.4 is 5.32 Å². The molecule has 0 unspecified atom stereocenters. The third-order valence-corrected chi connectivity index (χ3v) is 3.74. The van der Waals surface area contributed by atoms with Crippen LogP contribution in [0.25, 0.3) is 0 Å². The highest BCUT2D eigenvalue weighted by Crippen LogP contribution is 2.25. The number of hydrogen-bond acceptors (Lipinski definition) is 3. The highest BCUT2D eigenvalue weighted by Gasteiger charge is 2.11. The van der Waals surface area contributed by atoms with Crippen molar-refractivity contribution in [1.29, 1.82) is 0 Å². The van der Waals surface area contributed by atoms with E-state index in [0.29, 0.717) is 9.35 Å². The van der Waals surface area contributed by atoms with E-state index in [1.54, 1.807) is 0 Å². The molecule has 1 aromatic heterocycles. The van der Waals surface area contributed by atoms with Crippen LogP contribution in [-0.4, -0.2) is 11.1 Å². The van der Waals surface area contributed by atoms with Gasteiger partial charge in [-0.2, -0.15) is 0 Å². The van der Waals surface area contributed by atoms with Gasteiger partial charge in [-0.1, -0.05) is 15.9 Å². The Morgan fingerprint density at radius 3 is 2.47 bits per heavy atom. The van der Waals surface area contributed by atoms with E-state index in [0.717, 1.165) is 12.1 Å². The van der Waals surface area contributed by atoms with Gasteiger partial charge in [-0.05, 0) is 18.2 Å². The molecule has 7 heteroatoms. The first-order valence-electron chi connectivity index (χ1n) is 5.16. The summed E-state index contributed by atoms with van der Waals surface area (Å²) >= 11 is 4.21. The van der Waals surface area contributed by atoms with Gasteiger partial charge in [0.15, 0.2) is 0 Å². The zero-order valence-electron chi connectivity index (χ0n) is 9.41. The number of benzene rings is 1. The Hall–Kier alpha value is -1.47. The average molecular weight is 348 g/mol. The molecular weight excluding hydrogens is 340 g/mol. The molecule has 0 aliphatic rings. The Bertz CT molecular complexity index is 607. The Kier molecular flexibility index (Phi) is 4.16. The molecule has 0 aliphatic heterocycles. The summed E-state index contributed by atoms with van der Waals surface area (Å²) in [6.45, 7) is 0.160. The van der Waals surface area contributed by atoms with Gasteiger partial charge in [0.1, 0.15) is 17.3 Å². The van der Waals surface area contributed by atoms with Gasteiger partial charge < -0.3 is 10.4 Å². The van der Waals surface area contributed by atoms with E-state index in [9.17, 15) is 13.6 Å². The Balaban J connectivity index is 2.12. The fraction of sp³-hybridized carbons (Fsp3) is 0.0833. The van der Waals surface area contributed by atoms with E-state index in [-0.39, 0.29) is 17.8 Å². The first-order chi connectivity index (χ1) is 8.97. The molecule has 100 valence electrons. The number of anilines is 1. The van der Waals surface area contributed by atoms with Crippen LogP contribution in [0.3, 0.4) is 0 Å². The summed E-state index contributed by atoms with van der Waals surface area (Å²) in [5, 5.41) is 12.9. The first-order valence-corrected chi connectivity index (χ1v) is 6.83. The van der Waals surface area contributed by atoms with Crippen LogP contribution >= 0.6 is 27.3 Å². The lowest BCUT2D eigenvalue weighted by molar-refractivity contribution is 0.0697. The maximum Gasteiger partial charge on any atom is 0.336 e. The van der Waals surface area contributed by atoms with Crippen molar-refractivity contribution in [2.24, 2.45) is 0 Å². The van der Waals surface area contributed by atoms with Crippen LogP contribution in [0.5, 0.6) is 0 Å². The van der Waals surface area contributed by atoms with E-state index in [1.165, 1.54) is 22.8 Å². The third-order valence-electron chi connectivity index (χ3n) is 2.35. The van der Waals surface area contributed by atoms with Crippen molar-refractivity contribution in [3.05, 3.63) is 50.1 Å². The number of carboxylic acid groups (broad SMARTS) is 1. The topological polar surface area (TPSA) is 49.3 Å². The minimum atomic E-state index is -1.02. The molecular formula is C12H8BrF2NO2S. The third kappa shape index (κ3) is 3.30. The first kappa shape index (κ1) is 14.0. The van der Waals surface area contributed by atoms with Crippen LogP contribution in [0.15, 0.2) is 28.1 Å². The number of nitrogens with one attached hydrogen (secondary N) is 1. The monoisotopic (exact) mass is 347 g/mol. The molecule has 0 radical (unpaired) electrons. The molecule has 0 amide bonds. The van der Waals surface area contributed by atoms with Gasteiger partial charge in [-0.3, -0.25) is 0 Å². The number of carboxylic acids is 1. The molecule has 2 rings (SSSR count). The second-order valence-corrected chi connectivity index (χ2v) is 5.62. The van der Waals surface area contributed by atoms with Gasteiger partial charge in [-0.15, -0.1) is 11.3 Å². The second kappa shape index (κ2) is 5.66. The molecule has 0 fully saturated rings. The summed E-state index contributed by atoms with van der Waals surface area (Å²) in [5.74, 6) is -2.44. The standard InChI is InChI=1S/C12H8BrF2NO2S/c13-7-2-9(14)11(10(15)3-7)16-4-8-1-6(5-19-8)12(17)18/h1-3,5,16H,4H2,(H,17,18). The van der Waals surface area contributed by atoms with Crippen LogP contribution in [0.1, 0.15) is 15.2 Å². The highest BCUT2D eigenvalue weighted by molar-refractivity contribution is 9.10. The normalized spacial score (nSPS) is 10.5. The molecule has 0 spiro atoms. The lowest BCUT2D eigenvalue weighted by atomic mass is 10.2. The maximum absolute atomic E-state index is 13.5. The van der Waals surface area contributed by atoms with Crippen molar-refractivity contribution in [2.45, 2.75) is 6.54 Å². The molecule has 0 bridgehead atoms. The zero-order valence-corrected chi connectivity index (χ0v) is 11.8. The highest BCUT2D eigenvalue weighted by atomic mass is 79.9. The van der Waals surface area contributed by atoms with E-state index < -0.39 is 17.6 Å². The number of rotatable bonds is 4. The van der Waals surface area contributed by atoms with Gasteiger partial charge in [0.2, 0.25) is 0 Å². The summed E-state index contributed by atoms with van der Waals surface area (Å²) in [6.07, 6.45) is 0. The zero-order chi connectivity index (χ0) is 14.0. The van der Waals surface area contributed by atoms with Gasteiger partial charge in [0.05, 0.1) is 5.56 Å². The summed E-state index contributed by atoms with van der Waals surface area (Å²) in [6, 6.07) is 3.78. The van der Waals surface area contributed by atoms with Crippen molar-refractivity contribution in [3.8, 4) is 0 Å². The van der Waals surface area contributed by atoms with Crippen LogP contribution in [0, 0.1) is 11.6 Å². The molecule has 3 nitrogen and oxygen atoms in total. The molecule has 0 aliphatic carbocycles. The lowest BCUT2D eigenvalue weighted by Gasteiger charge is -2.08. The molecule has 1 heterocycles. The SMILES string of the molecule is O=C(O)c1csc(CNc2c(F)cc(Br)cc2F)c1. The van der Waals surface area contributed by atoms with E-state index in [4.69, 9.17) is 5.11 Å². The number of carbonyl (C=O) groups is 1. The Labute approximate surface area is 120 Å². The van der Waals surface area contributed by atoms with Crippen molar-refractivity contribution >= 4 is 38.9 Å². The largest absolute Gasteiger partial charge is 0.478 e. The molecule has 1 aromatic carbocycles. The number of thiophene rings is 1. The minimum Gasteiger partial charge on any atom is -0.478 e. The summed E-state index contributed by atoms with van der Waals surface area (Å²) in [7, 11) is 0.